The van der Waals surface area contributed by atoms with E-state index in [1.807, 2.05) is 24.3 Å². The van der Waals surface area contributed by atoms with Gasteiger partial charge in [-0.3, -0.25) is 0 Å². The van der Waals surface area contributed by atoms with Crippen molar-refractivity contribution in [3.8, 4) is 0 Å². The van der Waals surface area contributed by atoms with E-state index in [4.69, 9.17) is 14.2 Å². The molecule has 0 heterocycles. The van der Waals surface area contributed by atoms with Gasteiger partial charge in [0.05, 0.1) is 18.8 Å². The zero-order valence-corrected chi connectivity index (χ0v) is 15.7. The molecular weight excluding hydrogens is 304 g/mol. The third-order valence-electron chi connectivity index (χ3n) is 4.08. The summed E-state index contributed by atoms with van der Waals surface area (Å²) in [5.74, 6) is 0.761. The Labute approximate surface area is 146 Å². The van der Waals surface area contributed by atoms with Gasteiger partial charge in [-0.2, -0.15) is 0 Å². The minimum atomic E-state index is -0.252. The fourth-order valence-electron chi connectivity index (χ4n) is 1.96. The van der Waals surface area contributed by atoms with E-state index in [0.717, 1.165) is 30.6 Å². The van der Waals surface area contributed by atoms with E-state index in [2.05, 4.69) is 20.8 Å². The number of aliphatic hydroxyl groups excluding tert-OH is 1. The van der Waals surface area contributed by atoms with Gasteiger partial charge in [0.25, 0.3) is 0 Å². The van der Waals surface area contributed by atoms with Crippen molar-refractivity contribution < 1.29 is 19.3 Å². The predicted octanol–water partition coefficient (Wildman–Crippen LogP) is 5.12. The van der Waals surface area contributed by atoms with Crippen LogP contribution in [0.5, 0.6) is 0 Å². The first-order chi connectivity index (χ1) is 11.4. The second-order valence-electron chi connectivity index (χ2n) is 6.39. The maximum absolute atomic E-state index is 9.32. The van der Waals surface area contributed by atoms with Crippen LogP contribution in [0.4, 0.5) is 0 Å². The number of allylic oxidation sites excluding steroid dienone is 2. The number of hydrogen-bond donors (Lipinski definition) is 1. The normalized spacial score (nSPS) is 14.9. The molecule has 0 saturated heterocycles. The Morgan fingerprint density at radius 2 is 1.62 bits per heavy atom. The molecule has 24 heavy (non-hydrogen) atoms. The zero-order valence-electron chi connectivity index (χ0n) is 15.7. The molecule has 0 saturated carbocycles. The van der Waals surface area contributed by atoms with Crippen molar-refractivity contribution in [2.75, 3.05) is 13.2 Å². The monoisotopic (exact) mass is 336 g/mol. The molecule has 0 fully saturated rings. The molecule has 0 radical (unpaired) electrons. The highest BCUT2D eigenvalue weighted by molar-refractivity contribution is 5.21. The highest BCUT2D eigenvalue weighted by atomic mass is 16.5. The van der Waals surface area contributed by atoms with E-state index in [1.165, 1.54) is 0 Å². The highest BCUT2D eigenvalue weighted by Crippen LogP contribution is 2.19. The average molecular weight is 336 g/mol. The second-order valence-corrected chi connectivity index (χ2v) is 6.39. The number of benzene rings is 1. The first kappa shape index (κ1) is 20.5. The molecular formula is C20H32O4. The molecule has 0 aromatic heterocycles. The van der Waals surface area contributed by atoms with E-state index >= 15 is 0 Å². The summed E-state index contributed by atoms with van der Waals surface area (Å²) < 4.78 is 17.2. The molecule has 0 bridgehead atoms. The Hall–Kier alpha value is -1.52. The molecule has 0 amide bonds. The summed E-state index contributed by atoms with van der Waals surface area (Å²) >= 11 is 0. The van der Waals surface area contributed by atoms with Crippen molar-refractivity contribution >= 4 is 0 Å². The summed E-state index contributed by atoms with van der Waals surface area (Å²) in [6.45, 7) is 12.1. The minimum absolute atomic E-state index is 0.212. The van der Waals surface area contributed by atoms with E-state index in [9.17, 15) is 5.11 Å². The third kappa shape index (κ3) is 7.37. The van der Waals surface area contributed by atoms with Gasteiger partial charge in [0, 0.05) is 6.61 Å². The summed E-state index contributed by atoms with van der Waals surface area (Å²) in [5.41, 5.74) is 1.93. The summed E-state index contributed by atoms with van der Waals surface area (Å²) in [6.07, 6.45) is 1.93. The standard InChI is InChI=1S/C20H32O4/c1-6-12-22-15-20(5,7-2)24-14-19-10-8-18(9-11-19)13-23-17(4)16(3)21/h8-11,21H,6-7,12-15H2,1-5H3/b17-16-. The topological polar surface area (TPSA) is 47.9 Å². The number of ether oxygens (including phenoxy) is 3. The fourth-order valence-corrected chi connectivity index (χ4v) is 1.96. The Balaban J connectivity index is 2.49. The van der Waals surface area contributed by atoms with Crippen molar-refractivity contribution in [1.82, 2.24) is 0 Å². The molecule has 1 atom stereocenters. The van der Waals surface area contributed by atoms with Crippen LogP contribution in [0.2, 0.25) is 0 Å². The van der Waals surface area contributed by atoms with Gasteiger partial charge in [0.1, 0.15) is 18.1 Å². The zero-order chi connectivity index (χ0) is 18.0. The van der Waals surface area contributed by atoms with Gasteiger partial charge in [-0.25, -0.2) is 0 Å². The van der Waals surface area contributed by atoms with Gasteiger partial charge < -0.3 is 19.3 Å². The van der Waals surface area contributed by atoms with E-state index < -0.39 is 0 Å². The van der Waals surface area contributed by atoms with Crippen LogP contribution >= 0.6 is 0 Å². The van der Waals surface area contributed by atoms with E-state index in [1.54, 1.807) is 13.8 Å². The summed E-state index contributed by atoms with van der Waals surface area (Å²) in [6, 6.07) is 8.14. The quantitative estimate of drug-likeness (QED) is 0.450. The first-order valence-corrected chi connectivity index (χ1v) is 8.69. The molecule has 136 valence electrons. The Morgan fingerprint density at radius 1 is 1.04 bits per heavy atom. The van der Waals surface area contributed by atoms with E-state index in [0.29, 0.717) is 25.6 Å². The molecule has 1 unspecified atom stereocenters. The fraction of sp³-hybridized carbons (Fsp3) is 0.600. The Bertz CT molecular complexity index is 503. The summed E-state index contributed by atoms with van der Waals surface area (Å²) in [5, 5.41) is 9.32. The molecule has 0 spiro atoms. The summed E-state index contributed by atoms with van der Waals surface area (Å²) in [7, 11) is 0. The van der Waals surface area contributed by atoms with Crippen LogP contribution in [-0.4, -0.2) is 23.9 Å². The molecule has 1 N–H and O–H groups in total. The lowest BCUT2D eigenvalue weighted by Crippen LogP contribution is -2.33. The SMILES string of the molecule is CCCOCC(C)(CC)OCc1ccc(CO/C(C)=C(/C)O)cc1. The minimum Gasteiger partial charge on any atom is -0.509 e. The molecule has 1 rings (SSSR count). The lowest BCUT2D eigenvalue weighted by atomic mass is 10.0. The van der Waals surface area contributed by atoms with Crippen LogP contribution in [0.3, 0.4) is 0 Å². The van der Waals surface area contributed by atoms with Crippen molar-refractivity contribution in [2.24, 2.45) is 0 Å². The smallest absolute Gasteiger partial charge is 0.130 e. The lowest BCUT2D eigenvalue weighted by Gasteiger charge is -2.28. The molecule has 4 nitrogen and oxygen atoms in total. The van der Waals surface area contributed by atoms with Crippen LogP contribution in [0, 0.1) is 0 Å². The number of rotatable bonds is 11. The van der Waals surface area contributed by atoms with Crippen molar-refractivity contribution in [3.05, 3.63) is 46.9 Å². The van der Waals surface area contributed by atoms with Crippen molar-refractivity contribution in [1.29, 1.82) is 0 Å². The van der Waals surface area contributed by atoms with Gasteiger partial charge in [-0.05, 0) is 44.7 Å². The molecule has 1 aromatic carbocycles. The van der Waals surface area contributed by atoms with Crippen LogP contribution in [0.1, 0.15) is 58.6 Å². The van der Waals surface area contributed by atoms with E-state index in [-0.39, 0.29) is 11.4 Å². The van der Waals surface area contributed by atoms with Gasteiger partial charge in [0.15, 0.2) is 0 Å². The second kappa shape index (κ2) is 10.4. The first-order valence-electron chi connectivity index (χ1n) is 8.69. The van der Waals surface area contributed by atoms with Crippen molar-refractivity contribution in [3.63, 3.8) is 0 Å². The number of hydrogen-bond acceptors (Lipinski definition) is 4. The van der Waals surface area contributed by atoms with Crippen molar-refractivity contribution in [2.45, 2.75) is 66.3 Å². The van der Waals surface area contributed by atoms with Gasteiger partial charge in [0.2, 0.25) is 0 Å². The van der Waals surface area contributed by atoms with Crippen LogP contribution in [0.25, 0.3) is 0 Å². The summed E-state index contributed by atoms with van der Waals surface area (Å²) in [4.78, 5) is 0. The highest BCUT2D eigenvalue weighted by Gasteiger charge is 2.23. The Morgan fingerprint density at radius 3 is 2.12 bits per heavy atom. The molecule has 1 aromatic rings. The molecule has 0 aliphatic heterocycles. The van der Waals surface area contributed by atoms with Gasteiger partial charge in [-0.15, -0.1) is 0 Å². The van der Waals surface area contributed by atoms with Crippen LogP contribution in [0.15, 0.2) is 35.8 Å². The maximum Gasteiger partial charge on any atom is 0.130 e. The lowest BCUT2D eigenvalue weighted by molar-refractivity contribution is -0.0968. The molecule has 0 aliphatic carbocycles. The van der Waals surface area contributed by atoms with Crippen LogP contribution in [-0.2, 0) is 27.4 Å². The predicted molar refractivity (Wildman–Crippen MR) is 96.8 cm³/mol. The Kier molecular flexibility index (Phi) is 8.87. The number of aliphatic hydroxyl groups is 1. The van der Waals surface area contributed by atoms with Gasteiger partial charge in [-0.1, -0.05) is 38.1 Å². The largest absolute Gasteiger partial charge is 0.509 e. The van der Waals surface area contributed by atoms with Gasteiger partial charge >= 0.3 is 0 Å². The molecule has 4 heteroatoms. The van der Waals surface area contributed by atoms with Crippen LogP contribution < -0.4 is 0 Å². The molecule has 0 aliphatic rings. The third-order valence-corrected chi connectivity index (χ3v) is 4.08. The maximum atomic E-state index is 9.32. The average Bonchev–Trinajstić information content (AvgIpc) is 2.59.